The van der Waals surface area contributed by atoms with Crippen molar-refractivity contribution in [3.05, 3.63) is 71.3 Å². The van der Waals surface area contributed by atoms with E-state index in [-0.39, 0.29) is 0 Å². The molecular weight excluding hydrogens is 244 g/mol. The van der Waals surface area contributed by atoms with E-state index in [0.29, 0.717) is 12.1 Å². The predicted octanol–water partition coefficient (Wildman–Crippen LogP) is 3.96. The van der Waals surface area contributed by atoms with Crippen molar-refractivity contribution in [2.24, 2.45) is 0 Å². The summed E-state index contributed by atoms with van der Waals surface area (Å²) >= 11 is 0. The molecule has 1 saturated heterocycles. The molecule has 2 aromatic carbocycles. The van der Waals surface area contributed by atoms with Crippen molar-refractivity contribution in [1.29, 1.82) is 0 Å². The van der Waals surface area contributed by atoms with Crippen LogP contribution >= 0.6 is 0 Å². The van der Waals surface area contributed by atoms with Gasteiger partial charge >= 0.3 is 0 Å². The molecule has 0 saturated carbocycles. The standard InChI is InChI=1S/C18H22N2/c1-14-8-7-11-16(12-14)18-13-17(19(2)20(18)3)15-9-5-4-6-10-15/h4-12,17-18H,13H2,1-3H3. The second-order valence-electron chi connectivity index (χ2n) is 5.74. The molecular formula is C18H22N2. The minimum atomic E-state index is 0.463. The summed E-state index contributed by atoms with van der Waals surface area (Å²) in [6.07, 6.45) is 1.14. The average molecular weight is 266 g/mol. The summed E-state index contributed by atoms with van der Waals surface area (Å²) in [5.41, 5.74) is 4.15. The quantitative estimate of drug-likeness (QED) is 0.812. The molecule has 1 fully saturated rings. The highest BCUT2D eigenvalue weighted by Crippen LogP contribution is 2.41. The molecule has 2 atom stereocenters. The Morgan fingerprint density at radius 3 is 2.05 bits per heavy atom. The Hall–Kier alpha value is -1.64. The van der Waals surface area contributed by atoms with Gasteiger partial charge in [0.2, 0.25) is 0 Å². The average Bonchev–Trinajstić information content (AvgIpc) is 2.76. The number of benzene rings is 2. The highest BCUT2D eigenvalue weighted by atomic mass is 15.6. The van der Waals surface area contributed by atoms with Crippen molar-refractivity contribution in [3.8, 4) is 0 Å². The lowest BCUT2D eigenvalue weighted by atomic mass is 9.96. The van der Waals surface area contributed by atoms with E-state index >= 15 is 0 Å². The van der Waals surface area contributed by atoms with Gasteiger partial charge in [0, 0.05) is 14.1 Å². The van der Waals surface area contributed by atoms with Gasteiger partial charge in [-0.3, -0.25) is 0 Å². The summed E-state index contributed by atoms with van der Waals surface area (Å²) in [6.45, 7) is 2.16. The molecule has 2 aromatic rings. The second kappa shape index (κ2) is 5.39. The first kappa shape index (κ1) is 13.3. The zero-order chi connectivity index (χ0) is 14.1. The van der Waals surface area contributed by atoms with Crippen LogP contribution < -0.4 is 0 Å². The van der Waals surface area contributed by atoms with Gasteiger partial charge in [0.15, 0.2) is 0 Å². The molecule has 0 radical (unpaired) electrons. The van der Waals surface area contributed by atoms with E-state index in [1.54, 1.807) is 0 Å². The summed E-state index contributed by atoms with van der Waals surface area (Å²) in [6, 6.07) is 20.6. The maximum Gasteiger partial charge on any atom is 0.0511 e. The Labute approximate surface area is 121 Å². The summed E-state index contributed by atoms with van der Waals surface area (Å²) in [4.78, 5) is 0. The van der Waals surface area contributed by atoms with E-state index in [9.17, 15) is 0 Å². The summed E-state index contributed by atoms with van der Waals surface area (Å²) < 4.78 is 0. The lowest BCUT2D eigenvalue weighted by molar-refractivity contribution is 0.0252. The van der Waals surface area contributed by atoms with Crippen LogP contribution in [0.15, 0.2) is 54.6 Å². The summed E-state index contributed by atoms with van der Waals surface area (Å²) in [5, 5.41) is 4.73. The molecule has 0 aliphatic carbocycles. The van der Waals surface area contributed by atoms with Crippen molar-refractivity contribution in [3.63, 3.8) is 0 Å². The van der Waals surface area contributed by atoms with Crippen molar-refractivity contribution < 1.29 is 0 Å². The summed E-state index contributed by atoms with van der Waals surface area (Å²) in [5.74, 6) is 0. The van der Waals surface area contributed by atoms with Crippen LogP contribution in [-0.4, -0.2) is 24.1 Å². The van der Waals surface area contributed by atoms with Gasteiger partial charge in [-0.15, -0.1) is 0 Å². The molecule has 20 heavy (non-hydrogen) atoms. The molecule has 0 spiro atoms. The smallest absolute Gasteiger partial charge is 0.0511 e. The van der Waals surface area contributed by atoms with E-state index in [1.165, 1.54) is 16.7 Å². The Balaban J connectivity index is 1.89. The first-order chi connectivity index (χ1) is 9.66. The minimum Gasteiger partial charge on any atom is -0.237 e. The highest BCUT2D eigenvalue weighted by molar-refractivity contribution is 5.28. The third kappa shape index (κ3) is 2.37. The summed E-state index contributed by atoms with van der Waals surface area (Å²) in [7, 11) is 4.38. The fourth-order valence-corrected chi connectivity index (χ4v) is 3.21. The molecule has 1 aliphatic rings. The van der Waals surface area contributed by atoms with Gasteiger partial charge in [-0.25, -0.2) is 10.0 Å². The van der Waals surface area contributed by atoms with Crippen LogP contribution in [0.5, 0.6) is 0 Å². The predicted molar refractivity (Wildman–Crippen MR) is 83.2 cm³/mol. The van der Waals surface area contributed by atoms with Crippen LogP contribution in [0.3, 0.4) is 0 Å². The SMILES string of the molecule is Cc1cccc(C2CC(c3ccccc3)N(C)N2C)c1. The van der Waals surface area contributed by atoms with Gasteiger partial charge < -0.3 is 0 Å². The van der Waals surface area contributed by atoms with E-state index in [2.05, 4.69) is 85.6 Å². The zero-order valence-corrected chi connectivity index (χ0v) is 12.5. The van der Waals surface area contributed by atoms with E-state index < -0.39 is 0 Å². The van der Waals surface area contributed by atoms with Crippen LogP contribution in [0.2, 0.25) is 0 Å². The maximum absolute atomic E-state index is 2.37. The molecule has 1 aliphatic heterocycles. The molecule has 3 rings (SSSR count). The van der Waals surface area contributed by atoms with E-state index in [4.69, 9.17) is 0 Å². The first-order valence-electron chi connectivity index (χ1n) is 7.24. The fraction of sp³-hybridized carbons (Fsp3) is 0.333. The van der Waals surface area contributed by atoms with Crippen LogP contribution in [0.1, 0.15) is 35.2 Å². The number of hydrogen-bond acceptors (Lipinski definition) is 2. The second-order valence-corrected chi connectivity index (χ2v) is 5.74. The maximum atomic E-state index is 2.37. The first-order valence-corrected chi connectivity index (χ1v) is 7.24. The van der Waals surface area contributed by atoms with Gasteiger partial charge in [-0.2, -0.15) is 0 Å². The van der Waals surface area contributed by atoms with Crippen LogP contribution in [0.4, 0.5) is 0 Å². The Morgan fingerprint density at radius 2 is 1.40 bits per heavy atom. The lowest BCUT2D eigenvalue weighted by Gasteiger charge is -2.28. The van der Waals surface area contributed by atoms with Crippen molar-refractivity contribution in [2.75, 3.05) is 14.1 Å². The number of rotatable bonds is 2. The minimum absolute atomic E-state index is 0.463. The largest absolute Gasteiger partial charge is 0.237 e. The monoisotopic (exact) mass is 266 g/mol. The molecule has 1 heterocycles. The fourth-order valence-electron chi connectivity index (χ4n) is 3.21. The molecule has 2 nitrogen and oxygen atoms in total. The van der Waals surface area contributed by atoms with E-state index in [0.717, 1.165) is 6.42 Å². The van der Waals surface area contributed by atoms with Crippen LogP contribution in [0.25, 0.3) is 0 Å². The molecule has 0 bridgehead atoms. The van der Waals surface area contributed by atoms with Gasteiger partial charge in [-0.05, 0) is 24.5 Å². The third-order valence-electron chi connectivity index (χ3n) is 4.46. The van der Waals surface area contributed by atoms with Crippen LogP contribution in [-0.2, 0) is 0 Å². The van der Waals surface area contributed by atoms with Crippen LogP contribution in [0, 0.1) is 6.92 Å². The lowest BCUT2D eigenvalue weighted by Crippen LogP contribution is -2.32. The highest BCUT2D eigenvalue weighted by Gasteiger charge is 2.36. The van der Waals surface area contributed by atoms with E-state index in [1.807, 2.05) is 0 Å². The normalized spacial score (nSPS) is 24.1. The third-order valence-corrected chi connectivity index (χ3v) is 4.46. The Bertz CT molecular complexity index is 579. The number of aryl methyl sites for hydroxylation is 1. The zero-order valence-electron chi connectivity index (χ0n) is 12.5. The molecule has 104 valence electrons. The molecule has 0 N–H and O–H groups in total. The van der Waals surface area contributed by atoms with Gasteiger partial charge in [0.1, 0.15) is 0 Å². The number of hydrazine groups is 1. The van der Waals surface area contributed by atoms with Crippen molar-refractivity contribution in [2.45, 2.75) is 25.4 Å². The molecule has 0 aromatic heterocycles. The number of nitrogens with zero attached hydrogens (tertiary/aromatic N) is 2. The molecule has 0 amide bonds. The van der Waals surface area contributed by atoms with Crippen molar-refractivity contribution >= 4 is 0 Å². The topological polar surface area (TPSA) is 6.48 Å². The number of hydrogen-bond donors (Lipinski definition) is 0. The molecule has 2 heteroatoms. The Morgan fingerprint density at radius 1 is 0.800 bits per heavy atom. The van der Waals surface area contributed by atoms with Gasteiger partial charge in [0.05, 0.1) is 12.1 Å². The van der Waals surface area contributed by atoms with Crippen molar-refractivity contribution in [1.82, 2.24) is 10.0 Å². The molecule has 2 unspecified atom stereocenters. The van der Waals surface area contributed by atoms with Gasteiger partial charge in [0.25, 0.3) is 0 Å². The Kier molecular flexibility index (Phi) is 3.60. The van der Waals surface area contributed by atoms with Gasteiger partial charge in [-0.1, -0.05) is 60.2 Å².